The molecule has 0 spiro atoms. The van der Waals surface area contributed by atoms with Gasteiger partial charge in [-0.2, -0.15) is 4.31 Å². The quantitative estimate of drug-likeness (QED) is 0.681. The average molecular weight is 465 g/mol. The number of carbonyl (C=O) groups excluding carboxylic acids is 2. The van der Waals surface area contributed by atoms with Gasteiger partial charge in [-0.15, -0.1) is 0 Å². The molecule has 1 aliphatic rings. The zero-order valence-electron chi connectivity index (χ0n) is 15.4. The van der Waals surface area contributed by atoms with Crippen LogP contribution in [0.5, 0.6) is 0 Å². The van der Waals surface area contributed by atoms with Crippen molar-refractivity contribution in [1.82, 2.24) is 4.31 Å². The monoisotopic (exact) mass is 464 g/mol. The van der Waals surface area contributed by atoms with Crippen molar-refractivity contribution in [2.24, 2.45) is 0 Å². The number of rotatable bonds is 5. The fraction of sp³-hybridized carbons (Fsp3) is 0.300. The molecule has 0 bridgehead atoms. The van der Waals surface area contributed by atoms with Gasteiger partial charge in [0.2, 0.25) is 15.9 Å². The van der Waals surface area contributed by atoms with Gasteiger partial charge in [-0.05, 0) is 50.1 Å². The molecule has 1 heterocycles. The predicted molar refractivity (Wildman–Crippen MR) is 111 cm³/mol. The van der Waals surface area contributed by atoms with Crippen LogP contribution in [0.2, 0.25) is 0 Å². The Morgan fingerprint density at radius 2 is 1.82 bits per heavy atom. The molecule has 0 aromatic heterocycles. The number of sulfonamides is 1. The lowest BCUT2D eigenvalue weighted by atomic mass is 10.0. The summed E-state index contributed by atoms with van der Waals surface area (Å²) in [6, 6.07) is 12.2. The van der Waals surface area contributed by atoms with E-state index in [2.05, 4.69) is 21.2 Å². The fourth-order valence-corrected chi connectivity index (χ4v) is 5.30. The van der Waals surface area contributed by atoms with Gasteiger partial charge in [0.1, 0.15) is 6.04 Å². The van der Waals surface area contributed by atoms with Gasteiger partial charge in [-0.3, -0.25) is 9.59 Å². The number of piperidine rings is 1. The molecule has 0 saturated carbocycles. The zero-order valence-corrected chi connectivity index (χ0v) is 17.8. The highest BCUT2D eigenvalue weighted by molar-refractivity contribution is 9.10. The SMILES string of the molecule is CC(=O)c1ccc(S(=O)(=O)N2CCCCC2C(=O)Nc2cccc(Br)c2)cc1. The Labute approximate surface area is 173 Å². The van der Waals surface area contributed by atoms with Gasteiger partial charge < -0.3 is 5.32 Å². The second-order valence-corrected chi connectivity index (χ2v) is 9.51. The maximum Gasteiger partial charge on any atom is 0.243 e. The molecule has 148 valence electrons. The molecule has 6 nitrogen and oxygen atoms in total. The minimum Gasteiger partial charge on any atom is -0.325 e. The van der Waals surface area contributed by atoms with E-state index in [1.165, 1.54) is 35.5 Å². The van der Waals surface area contributed by atoms with Crippen LogP contribution in [0.15, 0.2) is 57.9 Å². The molecule has 1 aliphatic heterocycles. The van der Waals surface area contributed by atoms with Crippen LogP contribution in [0.3, 0.4) is 0 Å². The Hall–Kier alpha value is -2.03. The highest BCUT2D eigenvalue weighted by Gasteiger charge is 2.37. The van der Waals surface area contributed by atoms with E-state index in [1.54, 1.807) is 18.2 Å². The van der Waals surface area contributed by atoms with Crippen LogP contribution in [0.4, 0.5) is 5.69 Å². The van der Waals surface area contributed by atoms with Gasteiger partial charge in [0.15, 0.2) is 5.78 Å². The van der Waals surface area contributed by atoms with Crippen LogP contribution in [0.1, 0.15) is 36.5 Å². The van der Waals surface area contributed by atoms with Crippen molar-refractivity contribution in [2.45, 2.75) is 37.1 Å². The van der Waals surface area contributed by atoms with Crippen molar-refractivity contribution >= 4 is 43.3 Å². The van der Waals surface area contributed by atoms with Crippen LogP contribution in [-0.2, 0) is 14.8 Å². The topological polar surface area (TPSA) is 83.6 Å². The van der Waals surface area contributed by atoms with Gasteiger partial charge in [-0.25, -0.2) is 8.42 Å². The molecule has 1 fully saturated rings. The maximum absolute atomic E-state index is 13.1. The molecule has 1 atom stereocenters. The first-order valence-corrected chi connectivity index (χ1v) is 11.2. The summed E-state index contributed by atoms with van der Waals surface area (Å²) in [6.07, 6.45) is 1.95. The number of halogens is 1. The summed E-state index contributed by atoms with van der Waals surface area (Å²) in [4.78, 5) is 24.3. The van der Waals surface area contributed by atoms with Crippen molar-refractivity contribution in [3.8, 4) is 0 Å². The first-order valence-electron chi connectivity index (χ1n) is 8.98. The predicted octanol–water partition coefficient (Wildman–Crippen LogP) is 3.83. The molecular formula is C20H21BrN2O4S. The van der Waals surface area contributed by atoms with Crippen LogP contribution in [0, 0.1) is 0 Å². The molecule has 0 radical (unpaired) electrons. The molecule has 2 aromatic carbocycles. The average Bonchev–Trinajstić information content (AvgIpc) is 2.68. The van der Waals surface area contributed by atoms with E-state index in [4.69, 9.17) is 0 Å². The normalized spacial score (nSPS) is 17.9. The zero-order chi connectivity index (χ0) is 20.3. The van der Waals surface area contributed by atoms with Gasteiger partial charge in [0.05, 0.1) is 4.90 Å². The standard InChI is InChI=1S/C20H21BrN2O4S/c1-14(24)15-8-10-18(11-9-15)28(26,27)23-12-3-2-7-19(23)20(25)22-17-6-4-5-16(21)13-17/h4-6,8-11,13,19H,2-3,7,12H2,1H3,(H,22,25). The van der Waals surface area contributed by atoms with Gasteiger partial charge >= 0.3 is 0 Å². The van der Waals surface area contributed by atoms with Crippen molar-refractivity contribution in [3.63, 3.8) is 0 Å². The Kier molecular flexibility index (Phi) is 6.32. The number of ketones is 1. The minimum atomic E-state index is -3.85. The Balaban J connectivity index is 1.85. The van der Waals surface area contributed by atoms with E-state index < -0.39 is 16.1 Å². The molecule has 2 aromatic rings. The van der Waals surface area contributed by atoms with E-state index in [1.807, 2.05) is 6.07 Å². The molecule has 1 N–H and O–H groups in total. The molecule has 28 heavy (non-hydrogen) atoms. The molecule has 1 saturated heterocycles. The molecule has 3 rings (SSSR count). The van der Waals surface area contributed by atoms with Crippen LogP contribution in [-0.4, -0.2) is 37.0 Å². The number of benzene rings is 2. The minimum absolute atomic E-state index is 0.0830. The van der Waals surface area contributed by atoms with E-state index in [0.717, 1.165) is 10.9 Å². The van der Waals surface area contributed by atoms with Crippen LogP contribution >= 0.6 is 15.9 Å². The first kappa shape index (κ1) is 20.7. The smallest absolute Gasteiger partial charge is 0.243 e. The second-order valence-electron chi connectivity index (χ2n) is 6.71. The van der Waals surface area contributed by atoms with E-state index in [9.17, 15) is 18.0 Å². The number of nitrogens with one attached hydrogen (secondary N) is 1. The summed E-state index contributed by atoms with van der Waals surface area (Å²) in [5.74, 6) is -0.477. The first-order chi connectivity index (χ1) is 13.3. The third-order valence-corrected chi connectivity index (χ3v) is 7.13. The molecule has 8 heteroatoms. The summed E-state index contributed by atoms with van der Waals surface area (Å²) < 4.78 is 28.4. The van der Waals surface area contributed by atoms with Gasteiger partial charge in [0, 0.05) is 22.3 Å². The lowest BCUT2D eigenvalue weighted by molar-refractivity contribution is -0.120. The van der Waals surface area contributed by atoms with Gasteiger partial charge in [-0.1, -0.05) is 40.5 Å². The van der Waals surface area contributed by atoms with E-state index in [-0.39, 0.29) is 23.1 Å². The van der Waals surface area contributed by atoms with Crippen molar-refractivity contribution < 1.29 is 18.0 Å². The van der Waals surface area contributed by atoms with Crippen molar-refractivity contribution in [1.29, 1.82) is 0 Å². The Bertz CT molecular complexity index is 990. The number of anilines is 1. The summed E-state index contributed by atoms with van der Waals surface area (Å²) >= 11 is 3.36. The fourth-order valence-electron chi connectivity index (χ4n) is 3.24. The largest absolute Gasteiger partial charge is 0.325 e. The molecule has 0 aliphatic carbocycles. The number of hydrogen-bond acceptors (Lipinski definition) is 4. The third-order valence-electron chi connectivity index (χ3n) is 4.72. The Morgan fingerprint density at radius 1 is 1.11 bits per heavy atom. The van der Waals surface area contributed by atoms with E-state index in [0.29, 0.717) is 24.1 Å². The molecule has 1 unspecified atom stereocenters. The molecular weight excluding hydrogens is 444 g/mol. The third kappa shape index (κ3) is 4.51. The number of amides is 1. The van der Waals surface area contributed by atoms with Gasteiger partial charge in [0.25, 0.3) is 0 Å². The number of nitrogens with zero attached hydrogens (tertiary/aromatic N) is 1. The Morgan fingerprint density at radius 3 is 2.46 bits per heavy atom. The number of Topliss-reactive ketones (excluding diaryl/α,β-unsaturated/α-hetero) is 1. The lowest BCUT2D eigenvalue weighted by Crippen LogP contribution is -2.49. The highest BCUT2D eigenvalue weighted by atomic mass is 79.9. The summed E-state index contributed by atoms with van der Waals surface area (Å²) in [5, 5.41) is 2.81. The summed E-state index contributed by atoms with van der Waals surface area (Å²) in [5.41, 5.74) is 1.05. The highest BCUT2D eigenvalue weighted by Crippen LogP contribution is 2.27. The summed E-state index contributed by atoms with van der Waals surface area (Å²) in [6.45, 7) is 1.71. The van der Waals surface area contributed by atoms with Crippen molar-refractivity contribution in [3.05, 3.63) is 58.6 Å². The molecule has 1 amide bonds. The van der Waals surface area contributed by atoms with E-state index >= 15 is 0 Å². The van der Waals surface area contributed by atoms with Crippen LogP contribution in [0.25, 0.3) is 0 Å². The second kappa shape index (κ2) is 8.55. The van der Waals surface area contributed by atoms with Crippen LogP contribution < -0.4 is 5.32 Å². The summed E-state index contributed by atoms with van der Waals surface area (Å²) in [7, 11) is -3.85. The number of hydrogen-bond donors (Lipinski definition) is 1. The van der Waals surface area contributed by atoms with Crippen molar-refractivity contribution in [2.75, 3.05) is 11.9 Å². The number of carbonyl (C=O) groups is 2. The maximum atomic E-state index is 13.1. The lowest BCUT2D eigenvalue weighted by Gasteiger charge is -2.33.